The van der Waals surface area contributed by atoms with Crippen molar-refractivity contribution in [1.29, 1.82) is 0 Å². The lowest BCUT2D eigenvalue weighted by Gasteiger charge is -2.18. The van der Waals surface area contributed by atoms with Crippen LogP contribution in [-0.2, 0) is 6.54 Å². The molecule has 84 valence electrons. The average Bonchev–Trinajstić information content (AvgIpc) is 2.63. The van der Waals surface area contributed by atoms with E-state index in [2.05, 4.69) is 12.2 Å². The van der Waals surface area contributed by atoms with E-state index in [0.29, 0.717) is 0 Å². The minimum absolute atomic E-state index is 0.757. The second-order valence-electron chi connectivity index (χ2n) is 4.42. The second-order valence-corrected chi connectivity index (χ2v) is 5.66. The summed E-state index contributed by atoms with van der Waals surface area (Å²) in [5, 5.41) is 4.57. The molecule has 2 rings (SSSR count). The zero-order valence-electron chi connectivity index (χ0n) is 9.68. The number of aryl methyl sites for hydroxylation is 1. The van der Waals surface area contributed by atoms with Crippen LogP contribution < -0.4 is 5.32 Å². The third kappa shape index (κ3) is 2.58. The van der Waals surface area contributed by atoms with Crippen LogP contribution in [0.2, 0.25) is 0 Å². The molecule has 1 aromatic rings. The Morgan fingerprint density at radius 1 is 1.33 bits per heavy atom. The predicted molar refractivity (Wildman–Crippen MR) is 65.4 cm³/mol. The second kappa shape index (κ2) is 5.08. The molecule has 1 aliphatic rings. The van der Waals surface area contributed by atoms with Crippen LogP contribution in [-0.4, -0.2) is 12.0 Å². The quantitative estimate of drug-likeness (QED) is 0.852. The van der Waals surface area contributed by atoms with Crippen molar-refractivity contribution in [1.82, 2.24) is 10.3 Å². The van der Waals surface area contributed by atoms with Crippen LogP contribution in [0.1, 0.15) is 53.6 Å². The highest BCUT2D eigenvalue weighted by Gasteiger charge is 2.19. The van der Waals surface area contributed by atoms with Crippen molar-refractivity contribution < 1.29 is 0 Å². The first-order valence-corrected chi connectivity index (χ1v) is 6.73. The Morgan fingerprint density at radius 2 is 2.07 bits per heavy atom. The fourth-order valence-electron chi connectivity index (χ4n) is 2.31. The molecule has 0 aliphatic heterocycles. The van der Waals surface area contributed by atoms with E-state index in [-0.39, 0.29) is 0 Å². The first kappa shape index (κ1) is 11.1. The average molecular weight is 224 g/mol. The summed E-state index contributed by atoms with van der Waals surface area (Å²) in [6, 6.07) is 0. The number of hydrogen-bond acceptors (Lipinski definition) is 3. The van der Waals surface area contributed by atoms with E-state index < -0.39 is 0 Å². The topological polar surface area (TPSA) is 24.9 Å². The zero-order valence-corrected chi connectivity index (χ0v) is 10.5. The normalized spacial score (nSPS) is 18.3. The molecule has 1 aliphatic carbocycles. The van der Waals surface area contributed by atoms with Gasteiger partial charge in [-0.15, -0.1) is 11.3 Å². The van der Waals surface area contributed by atoms with Crippen LogP contribution in [0.25, 0.3) is 0 Å². The largest absolute Gasteiger partial charge is 0.314 e. The smallest absolute Gasteiger partial charge is 0.0962 e. The summed E-state index contributed by atoms with van der Waals surface area (Å²) in [7, 11) is 1.99. The molecule has 1 N–H and O–H groups in total. The first-order valence-electron chi connectivity index (χ1n) is 5.92. The molecule has 0 spiro atoms. The van der Waals surface area contributed by atoms with Gasteiger partial charge in [-0.25, -0.2) is 4.98 Å². The van der Waals surface area contributed by atoms with Crippen LogP contribution >= 0.6 is 11.3 Å². The fourth-order valence-corrected chi connectivity index (χ4v) is 3.41. The van der Waals surface area contributed by atoms with Crippen LogP contribution in [0.3, 0.4) is 0 Å². The van der Waals surface area contributed by atoms with E-state index in [1.165, 1.54) is 47.7 Å². The molecule has 0 atom stereocenters. The Kier molecular flexibility index (Phi) is 3.76. The molecule has 0 saturated heterocycles. The predicted octanol–water partition coefficient (Wildman–Crippen LogP) is 3.22. The number of nitrogens with one attached hydrogen (secondary N) is 1. The summed E-state index contributed by atoms with van der Waals surface area (Å²) in [6.45, 7) is 3.10. The number of thiazole rings is 1. The Labute approximate surface area is 96.1 Å². The molecular weight excluding hydrogens is 204 g/mol. The molecule has 0 radical (unpaired) electrons. The molecule has 0 aromatic carbocycles. The van der Waals surface area contributed by atoms with Gasteiger partial charge in [0.25, 0.3) is 0 Å². The van der Waals surface area contributed by atoms with E-state index in [1.54, 1.807) is 0 Å². The van der Waals surface area contributed by atoms with Crippen molar-refractivity contribution in [3.63, 3.8) is 0 Å². The number of rotatable bonds is 3. The lowest BCUT2D eigenvalue weighted by atomic mass is 9.90. The maximum Gasteiger partial charge on any atom is 0.0962 e. The van der Waals surface area contributed by atoms with Gasteiger partial charge in [-0.2, -0.15) is 0 Å². The molecule has 0 amide bonds. The fraction of sp³-hybridized carbons (Fsp3) is 0.750. The molecular formula is C12H20N2S. The Morgan fingerprint density at radius 3 is 2.73 bits per heavy atom. The molecule has 0 bridgehead atoms. The SMILES string of the molecule is CNCc1nc(C2CCCCC2)sc1C. The Hall–Kier alpha value is -0.410. The third-order valence-corrected chi connectivity index (χ3v) is 4.38. The molecule has 3 heteroatoms. The minimum atomic E-state index is 0.757. The van der Waals surface area contributed by atoms with E-state index in [9.17, 15) is 0 Å². The maximum absolute atomic E-state index is 4.78. The van der Waals surface area contributed by atoms with Crippen molar-refractivity contribution in [3.8, 4) is 0 Å². The van der Waals surface area contributed by atoms with E-state index >= 15 is 0 Å². The lowest BCUT2D eigenvalue weighted by Crippen LogP contribution is -2.08. The summed E-state index contributed by atoms with van der Waals surface area (Å²) in [5.74, 6) is 0.757. The monoisotopic (exact) mass is 224 g/mol. The van der Waals surface area contributed by atoms with Crippen molar-refractivity contribution in [3.05, 3.63) is 15.6 Å². The standard InChI is InChI=1S/C12H20N2S/c1-9-11(8-13-2)14-12(15-9)10-6-4-3-5-7-10/h10,13H,3-8H2,1-2H3. The van der Waals surface area contributed by atoms with Gasteiger partial charge in [0.15, 0.2) is 0 Å². The van der Waals surface area contributed by atoms with Gasteiger partial charge < -0.3 is 5.32 Å². The highest BCUT2D eigenvalue weighted by molar-refractivity contribution is 7.11. The molecule has 0 unspecified atom stereocenters. The number of nitrogens with zero attached hydrogens (tertiary/aromatic N) is 1. The summed E-state index contributed by atoms with van der Waals surface area (Å²) < 4.78 is 0. The van der Waals surface area contributed by atoms with Gasteiger partial charge in [0.2, 0.25) is 0 Å². The third-order valence-electron chi connectivity index (χ3n) is 3.21. The zero-order chi connectivity index (χ0) is 10.7. The molecule has 1 fully saturated rings. The molecule has 15 heavy (non-hydrogen) atoms. The minimum Gasteiger partial charge on any atom is -0.314 e. The molecule has 2 nitrogen and oxygen atoms in total. The van der Waals surface area contributed by atoms with Crippen LogP contribution in [0, 0.1) is 6.92 Å². The molecule has 1 saturated carbocycles. The van der Waals surface area contributed by atoms with E-state index in [0.717, 1.165) is 12.5 Å². The van der Waals surface area contributed by atoms with Crippen molar-refractivity contribution in [2.45, 2.75) is 51.5 Å². The Balaban J connectivity index is 2.10. The van der Waals surface area contributed by atoms with Crippen molar-refractivity contribution in [2.24, 2.45) is 0 Å². The maximum atomic E-state index is 4.78. The van der Waals surface area contributed by atoms with Crippen LogP contribution in [0.15, 0.2) is 0 Å². The highest BCUT2D eigenvalue weighted by atomic mass is 32.1. The summed E-state index contributed by atoms with van der Waals surface area (Å²) >= 11 is 1.91. The Bertz CT molecular complexity index is 313. The van der Waals surface area contributed by atoms with Gasteiger partial charge in [-0.3, -0.25) is 0 Å². The first-order chi connectivity index (χ1) is 7.31. The van der Waals surface area contributed by atoms with Gasteiger partial charge in [0, 0.05) is 17.3 Å². The van der Waals surface area contributed by atoms with Crippen LogP contribution in [0.5, 0.6) is 0 Å². The van der Waals surface area contributed by atoms with Gasteiger partial charge in [-0.05, 0) is 26.8 Å². The van der Waals surface area contributed by atoms with Gasteiger partial charge in [0.1, 0.15) is 0 Å². The summed E-state index contributed by atoms with van der Waals surface area (Å²) in [6.07, 6.45) is 6.91. The van der Waals surface area contributed by atoms with Gasteiger partial charge in [0.05, 0.1) is 10.7 Å². The molecule has 1 heterocycles. The molecule has 1 aromatic heterocycles. The van der Waals surface area contributed by atoms with Gasteiger partial charge >= 0.3 is 0 Å². The summed E-state index contributed by atoms with van der Waals surface area (Å²) in [5.41, 5.74) is 1.25. The highest BCUT2D eigenvalue weighted by Crippen LogP contribution is 2.35. The van der Waals surface area contributed by atoms with Crippen molar-refractivity contribution in [2.75, 3.05) is 7.05 Å². The van der Waals surface area contributed by atoms with Crippen LogP contribution in [0.4, 0.5) is 0 Å². The number of aromatic nitrogens is 1. The number of hydrogen-bond donors (Lipinski definition) is 1. The summed E-state index contributed by atoms with van der Waals surface area (Å²) in [4.78, 5) is 6.17. The lowest BCUT2D eigenvalue weighted by molar-refractivity contribution is 0.442. The van der Waals surface area contributed by atoms with E-state index in [1.807, 2.05) is 18.4 Å². The van der Waals surface area contributed by atoms with Crippen molar-refractivity contribution >= 4 is 11.3 Å². The van der Waals surface area contributed by atoms with Gasteiger partial charge in [-0.1, -0.05) is 19.3 Å². The van der Waals surface area contributed by atoms with E-state index in [4.69, 9.17) is 4.98 Å².